The zero-order valence-corrected chi connectivity index (χ0v) is 17.9. The van der Waals surface area contributed by atoms with Gasteiger partial charge in [0.05, 0.1) is 12.8 Å². The fraction of sp³-hybridized carbons (Fsp3) is 0.750. The first-order valence-corrected chi connectivity index (χ1v) is 11.2. The van der Waals surface area contributed by atoms with Gasteiger partial charge in [-0.25, -0.2) is 0 Å². The molecule has 2 fully saturated rings. The Morgan fingerprint density at radius 3 is 2.56 bits per heavy atom. The standard InChI is InChI=1S/C24H38N2O/c1-5-24-12-8-7-11-19(24)21(25(2)3)15-18-16-22(23(27-4)17-20(18)24)26-13-9-6-10-14-26/h16-17,19,21H,5-15H2,1-4H3. The van der Waals surface area contributed by atoms with Crippen LogP contribution in [-0.4, -0.2) is 45.2 Å². The number of benzene rings is 1. The molecule has 0 N–H and O–H groups in total. The molecule has 1 saturated carbocycles. The second-order valence-electron chi connectivity index (χ2n) is 9.33. The maximum absolute atomic E-state index is 5.96. The molecule has 3 nitrogen and oxygen atoms in total. The molecule has 3 heteroatoms. The van der Waals surface area contributed by atoms with Gasteiger partial charge in [-0.1, -0.05) is 19.8 Å². The summed E-state index contributed by atoms with van der Waals surface area (Å²) in [6.45, 7) is 4.77. The third kappa shape index (κ3) is 3.16. The molecule has 27 heavy (non-hydrogen) atoms. The highest BCUT2D eigenvalue weighted by Crippen LogP contribution is 2.54. The van der Waals surface area contributed by atoms with E-state index in [0.29, 0.717) is 11.5 Å². The van der Waals surface area contributed by atoms with Gasteiger partial charge in [-0.3, -0.25) is 0 Å². The Labute approximate surface area is 166 Å². The molecule has 1 aliphatic heterocycles. The van der Waals surface area contributed by atoms with E-state index >= 15 is 0 Å². The van der Waals surface area contributed by atoms with Gasteiger partial charge in [-0.15, -0.1) is 0 Å². The molecule has 3 aliphatic rings. The second kappa shape index (κ2) is 7.66. The number of likely N-dealkylation sites (N-methyl/N-ethyl adjacent to an activating group) is 1. The minimum absolute atomic E-state index is 0.342. The van der Waals surface area contributed by atoms with Crippen molar-refractivity contribution < 1.29 is 4.74 Å². The van der Waals surface area contributed by atoms with Crippen molar-refractivity contribution in [2.24, 2.45) is 5.92 Å². The molecular formula is C24H38N2O. The number of fused-ring (bicyclic) bond motifs is 3. The van der Waals surface area contributed by atoms with E-state index in [-0.39, 0.29) is 0 Å². The molecule has 0 spiro atoms. The van der Waals surface area contributed by atoms with E-state index in [4.69, 9.17) is 4.74 Å². The Balaban J connectivity index is 1.83. The Morgan fingerprint density at radius 1 is 1.11 bits per heavy atom. The third-order valence-corrected chi connectivity index (χ3v) is 7.92. The Bertz CT molecular complexity index is 665. The summed E-state index contributed by atoms with van der Waals surface area (Å²) >= 11 is 0. The normalized spacial score (nSPS) is 30.8. The average Bonchev–Trinajstić information content (AvgIpc) is 2.72. The number of rotatable bonds is 4. The van der Waals surface area contributed by atoms with E-state index < -0.39 is 0 Å². The Hall–Kier alpha value is -1.22. The van der Waals surface area contributed by atoms with Gasteiger partial charge in [0.25, 0.3) is 0 Å². The molecule has 3 atom stereocenters. The summed E-state index contributed by atoms with van der Waals surface area (Å²) < 4.78 is 5.96. The summed E-state index contributed by atoms with van der Waals surface area (Å²) in [5, 5.41) is 0. The van der Waals surface area contributed by atoms with Crippen LogP contribution in [0.25, 0.3) is 0 Å². The summed E-state index contributed by atoms with van der Waals surface area (Å²) in [6, 6.07) is 5.63. The fourth-order valence-electron chi connectivity index (χ4n) is 6.49. The lowest BCUT2D eigenvalue weighted by Gasteiger charge is -2.54. The van der Waals surface area contributed by atoms with Gasteiger partial charge >= 0.3 is 0 Å². The summed E-state index contributed by atoms with van der Waals surface area (Å²) in [6.07, 6.45) is 11.9. The first-order valence-electron chi connectivity index (χ1n) is 11.2. The van der Waals surface area contributed by atoms with Crippen LogP contribution in [-0.2, 0) is 11.8 Å². The van der Waals surface area contributed by atoms with Gasteiger partial charge in [-0.2, -0.15) is 0 Å². The maximum Gasteiger partial charge on any atom is 0.142 e. The lowest BCUT2D eigenvalue weighted by molar-refractivity contribution is 0.0681. The fourth-order valence-corrected chi connectivity index (χ4v) is 6.49. The molecule has 4 rings (SSSR count). The minimum atomic E-state index is 0.342. The van der Waals surface area contributed by atoms with E-state index in [9.17, 15) is 0 Å². The molecule has 0 amide bonds. The van der Waals surface area contributed by atoms with E-state index in [0.717, 1.165) is 11.7 Å². The number of methoxy groups -OCH3 is 1. The van der Waals surface area contributed by atoms with Gasteiger partial charge in [0.2, 0.25) is 0 Å². The van der Waals surface area contributed by atoms with Crippen LogP contribution in [0.15, 0.2) is 12.1 Å². The largest absolute Gasteiger partial charge is 0.495 e. The van der Waals surface area contributed by atoms with Crippen molar-refractivity contribution >= 4 is 5.69 Å². The van der Waals surface area contributed by atoms with Crippen molar-refractivity contribution in [1.29, 1.82) is 0 Å². The number of piperidine rings is 1. The van der Waals surface area contributed by atoms with Crippen LogP contribution >= 0.6 is 0 Å². The van der Waals surface area contributed by atoms with Gasteiger partial charge in [0.15, 0.2) is 0 Å². The molecule has 1 heterocycles. The SMILES string of the molecule is CCC12CCCCC1C(N(C)C)Cc1cc(N3CCCCC3)c(OC)cc12. The zero-order chi connectivity index (χ0) is 19.0. The number of hydrogen-bond acceptors (Lipinski definition) is 3. The van der Waals surface area contributed by atoms with E-state index in [1.165, 1.54) is 76.6 Å². The van der Waals surface area contributed by atoms with Crippen molar-refractivity contribution in [2.75, 3.05) is 39.2 Å². The van der Waals surface area contributed by atoms with E-state index in [2.05, 4.69) is 43.0 Å². The van der Waals surface area contributed by atoms with Crippen LogP contribution in [0, 0.1) is 5.92 Å². The predicted molar refractivity (Wildman–Crippen MR) is 114 cm³/mol. The summed E-state index contributed by atoms with van der Waals surface area (Å²) in [5.41, 5.74) is 4.89. The average molecular weight is 371 g/mol. The van der Waals surface area contributed by atoms with Crippen molar-refractivity contribution in [2.45, 2.75) is 76.2 Å². The molecule has 1 aromatic carbocycles. The first kappa shape index (κ1) is 19.1. The first-order chi connectivity index (χ1) is 13.1. The molecule has 2 aliphatic carbocycles. The van der Waals surface area contributed by atoms with Crippen LogP contribution in [0.4, 0.5) is 5.69 Å². The Kier molecular flexibility index (Phi) is 5.42. The van der Waals surface area contributed by atoms with Crippen LogP contribution in [0.3, 0.4) is 0 Å². The van der Waals surface area contributed by atoms with Crippen LogP contribution in [0.2, 0.25) is 0 Å². The lowest BCUT2D eigenvalue weighted by Crippen LogP contribution is -2.53. The van der Waals surface area contributed by atoms with Gasteiger partial charge in [-0.05, 0) is 93.6 Å². The third-order valence-electron chi connectivity index (χ3n) is 7.92. The van der Waals surface area contributed by atoms with Crippen LogP contribution < -0.4 is 9.64 Å². The van der Waals surface area contributed by atoms with Crippen molar-refractivity contribution in [3.05, 3.63) is 23.3 Å². The summed E-state index contributed by atoms with van der Waals surface area (Å²) in [5.74, 6) is 1.89. The van der Waals surface area contributed by atoms with Gasteiger partial charge in [0, 0.05) is 19.1 Å². The van der Waals surface area contributed by atoms with Crippen molar-refractivity contribution in [3.8, 4) is 5.75 Å². The number of ether oxygens (including phenoxy) is 1. The van der Waals surface area contributed by atoms with Gasteiger partial charge in [0.1, 0.15) is 5.75 Å². The minimum Gasteiger partial charge on any atom is -0.495 e. The monoisotopic (exact) mass is 370 g/mol. The molecule has 0 bridgehead atoms. The van der Waals surface area contributed by atoms with Crippen molar-refractivity contribution in [1.82, 2.24) is 4.90 Å². The maximum atomic E-state index is 5.96. The molecule has 1 saturated heterocycles. The molecule has 1 aromatic rings. The molecule has 0 aromatic heterocycles. The molecule has 0 radical (unpaired) electrons. The van der Waals surface area contributed by atoms with Crippen LogP contribution in [0.1, 0.15) is 69.4 Å². The highest BCUT2D eigenvalue weighted by atomic mass is 16.5. The topological polar surface area (TPSA) is 15.7 Å². The zero-order valence-electron chi connectivity index (χ0n) is 17.9. The number of anilines is 1. The van der Waals surface area contributed by atoms with Crippen LogP contribution in [0.5, 0.6) is 5.75 Å². The lowest BCUT2D eigenvalue weighted by atomic mass is 9.54. The smallest absolute Gasteiger partial charge is 0.142 e. The van der Waals surface area contributed by atoms with Crippen molar-refractivity contribution in [3.63, 3.8) is 0 Å². The highest BCUT2D eigenvalue weighted by Gasteiger charge is 2.49. The predicted octanol–water partition coefficient (Wildman–Crippen LogP) is 5.01. The highest BCUT2D eigenvalue weighted by molar-refractivity contribution is 5.64. The number of nitrogens with zero attached hydrogens (tertiary/aromatic N) is 2. The second-order valence-corrected chi connectivity index (χ2v) is 9.33. The molecule has 3 unspecified atom stereocenters. The summed E-state index contributed by atoms with van der Waals surface area (Å²) in [4.78, 5) is 5.08. The summed E-state index contributed by atoms with van der Waals surface area (Å²) in [7, 11) is 6.44. The van der Waals surface area contributed by atoms with E-state index in [1.54, 1.807) is 11.1 Å². The molecular weight excluding hydrogens is 332 g/mol. The van der Waals surface area contributed by atoms with E-state index in [1.807, 2.05) is 7.11 Å². The van der Waals surface area contributed by atoms with Gasteiger partial charge < -0.3 is 14.5 Å². The molecule has 150 valence electrons. The quantitative estimate of drug-likeness (QED) is 0.741. The number of hydrogen-bond donors (Lipinski definition) is 0. The Morgan fingerprint density at radius 2 is 1.89 bits per heavy atom.